The number of rotatable bonds is 5. The maximum atomic E-state index is 12.4. The number of ether oxygens (including phenoxy) is 1. The van der Waals surface area contributed by atoms with Crippen LogP contribution in [0.1, 0.15) is 51.4 Å². The summed E-state index contributed by atoms with van der Waals surface area (Å²) in [7, 11) is 1.39. The first-order valence-corrected chi connectivity index (χ1v) is 9.27. The maximum Gasteiger partial charge on any atom is 0.328 e. The number of methoxy groups -OCH3 is 1. The molecule has 0 aromatic heterocycles. The van der Waals surface area contributed by atoms with E-state index in [1.165, 1.54) is 39.2 Å². The SMILES string of the molecule is COC(=O)[C@H](CC1CC1)NC(=O)NC1C2CC3CC(C2)CC1C3. The highest BCUT2D eigenvalue weighted by molar-refractivity contribution is 5.83. The lowest BCUT2D eigenvalue weighted by molar-refractivity contribution is -0.143. The molecule has 0 unspecified atom stereocenters. The van der Waals surface area contributed by atoms with Crippen LogP contribution in [0.3, 0.4) is 0 Å². The van der Waals surface area contributed by atoms with E-state index in [-0.39, 0.29) is 12.0 Å². The highest BCUT2D eigenvalue weighted by Gasteiger charge is 2.48. The van der Waals surface area contributed by atoms with Crippen molar-refractivity contribution in [2.75, 3.05) is 7.11 Å². The van der Waals surface area contributed by atoms with Crippen molar-refractivity contribution in [3.05, 3.63) is 0 Å². The Morgan fingerprint density at radius 1 is 1.04 bits per heavy atom. The molecule has 0 spiro atoms. The Bertz CT molecular complexity index is 461. The van der Waals surface area contributed by atoms with Crippen LogP contribution in [-0.4, -0.2) is 31.2 Å². The first-order chi connectivity index (χ1) is 11.1. The fourth-order valence-corrected chi connectivity index (χ4v) is 5.56. The molecule has 4 bridgehead atoms. The van der Waals surface area contributed by atoms with Gasteiger partial charge in [-0.05, 0) is 68.1 Å². The largest absolute Gasteiger partial charge is 0.467 e. The zero-order valence-corrected chi connectivity index (χ0v) is 13.9. The second-order valence-corrected chi connectivity index (χ2v) is 8.33. The molecule has 0 aromatic rings. The minimum Gasteiger partial charge on any atom is -0.467 e. The summed E-state index contributed by atoms with van der Waals surface area (Å²) in [4.78, 5) is 24.3. The van der Waals surface area contributed by atoms with Crippen LogP contribution in [0.4, 0.5) is 4.79 Å². The molecule has 5 aliphatic rings. The van der Waals surface area contributed by atoms with Gasteiger partial charge in [0.2, 0.25) is 0 Å². The van der Waals surface area contributed by atoms with Crippen molar-refractivity contribution in [1.29, 1.82) is 0 Å². The van der Waals surface area contributed by atoms with Gasteiger partial charge in [-0.1, -0.05) is 12.8 Å². The summed E-state index contributed by atoms with van der Waals surface area (Å²) in [5.41, 5.74) is 0. The molecular weight excluding hydrogens is 292 g/mol. The molecule has 5 saturated carbocycles. The van der Waals surface area contributed by atoms with Gasteiger partial charge in [0, 0.05) is 6.04 Å². The molecule has 0 heterocycles. The monoisotopic (exact) mass is 320 g/mol. The van der Waals surface area contributed by atoms with E-state index in [1.54, 1.807) is 0 Å². The number of carbonyl (C=O) groups excluding carboxylic acids is 2. The van der Waals surface area contributed by atoms with Gasteiger partial charge in [-0.15, -0.1) is 0 Å². The molecule has 128 valence electrons. The number of hydrogen-bond donors (Lipinski definition) is 2. The zero-order chi connectivity index (χ0) is 16.0. The Labute approximate surface area is 137 Å². The van der Waals surface area contributed by atoms with Crippen molar-refractivity contribution in [3.63, 3.8) is 0 Å². The third-order valence-electron chi connectivity index (χ3n) is 6.58. The van der Waals surface area contributed by atoms with Crippen molar-refractivity contribution in [2.24, 2.45) is 29.6 Å². The molecule has 5 aliphatic carbocycles. The standard InChI is InChI=1S/C18H28N2O3/c1-23-17(21)15(9-10-2-3-10)19-18(22)20-16-13-5-11-4-12(7-13)8-14(16)6-11/h10-16H,2-9H2,1H3,(H2,19,20,22)/t11?,12?,13?,14?,15-,16?/m0/s1. The normalized spacial score (nSPS) is 38.9. The zero-order valence-electron chi connectivity index (χ0n) is 13.9. The molecule has 5 nitrogen and oxygen atoms in total. The molecular formula is C18H28N2O3. The quantitative estimate of drug-likeness (QED) is 0.765. The molecule has 5 fully saturated rings. The lowest BCUT2D eigenvalue weighted by atomic mass is 9.54. The average Bonchev–Trinajstić information content (AvgIpc) is 3.33. The van der Waals surface area contributed by atoms with E-state index < -0.39 is 6.04 Å². The number of hydrogen-bond acceptors (Lipinski definition) is 3. The van der Waals surface area contributed by atoms with Crippen LogP contribution in [0.25, 0.3) is 0 Å². The van der Waals surface area contributed by atoms with Gasteiger partial charge in [0.1, 0.15) is 6.04 Å². The lowest BCUT2D eigenvalue weighted by Gasteiger charge is -2.54. The Morgan fingerprint density at radius 3 is 2.17 bits per heavy atom. The van der Waals surface area contributed by atoms with Gasteiger partial charge in [0.25, 0.3) is 0 Å². The van der Waals surface area contributed by atoms with Gasteiger partial charge in [0.05, 0.1) is 7.11 Å². The highest BCUT2D eigenvalue weighted by Crippen LogP contribution is 2.53. The predicted molar refractivity (Wildman–Crippen MR) is 85.6 cm³/mol. The van der Waals surface area contributed by atoms with E-state index in [4.69, 9.17) is 4.74 Å². The van der Waals surface area contributed by atoms with Crippen molar-refractivity contribution >= 4 is 12.0 Å². The molecule has 1 atom stereocenters. The van der Waals surface area contributed by atoms with E-state index in [1.807, 2.05) is 0 Å². The van der Waals surface area contributed by atoms with E-state index >= 15 is 0 Å². The van der Waals surface area contributed by atoms with E-state index in [9.17, 15) is 9.59 Å². The smallest absolute Gasteiger partial charge is 0.328 e. The van der Waals surface area contributed by atoms with Crippen molar-refractivity contribution in [3.8, 4) is 0 Å². The average molecular weight is 320 g/mol. The van der Waals surface area contributed by atoms with E-state index in [2.05, 4.69) is 10.6 Å². The highest BCUT2D eigenvalue weighted by atomic mass is 16.5. The molecule has 5 rings (SSSR count). The van der Waals surface area contributed by atoms with Crippen LogP contribution in [0.2, 0.25) is 0 Å². The number of urea groups is 1. The van der Waals surface area contributed by atoms with Crippen LogP contribution in [0.5, 0.6) is 0 Å². The van der Waals surface area contributed by atoms with Crippen molar-refractivity contribution < 1.29 is 14.3 Å². The van der Waals surface area contributed by atoms with E-state index in [0.29, 0.717) is 30.2 Å². The van der Waals surface area contributed by atoms with Crippen molar-refractivity contribution in [2.45, 2.75) is 63.5 Å². The van der Waals surface area contributed by atoms with Gasteiger partial charge in [-0.2, -0.15) is 0 Å². The summed E-state index contributed by atoms with van der Waals surface area (Å²) in [5, 5.41) is 6.08. The Hall–Kier alpha value is -1.26. The van der Waals surface area contributed by atoms with Gasteiger partial charge in [0.15, 0.2) is 0 Å². The van der Waals surface area contributed by atoms with Crippen LogP contribution in [0.15, 0.2) is 0 Å². The lowest BCUT2D eigenvalue weighted by Crippen LogP contribution is -2.59. The first-order valence-electron chi connectivity index (χ1n) is 9.27. The van der Waals surface area contributed by atoms with Crippen molar-refractivity contribution in [1.82, 2.24) is 10.6 Å². The number of nitrogens with one attached hydrogen (secondary N) is 2. The maximum absolute atomic E-state index is 12.4. The van der Waals surface area contributed by atoms with Crippen LogP contribution in [0, 0.1) is 29.6 Å². The summed E-state index contributed by atoms with van der Waals surface area (Å²) >= 11 is 0. The van der Waals surface area contributed by atoms with E-state index in [0.717, 1.165) is 24.7 Å². The fraction of sp³-hybridized carbons (Fsp3) is 0.889. The number of amides is 2. The van der Waals surface area contributed by atoms with Gasteiger partial charge in [-0.25, -0.2) is 9.59 Å². The summed E-state index contributed by atoms with van der Waals surface area (Å²) < 4.78 is 4.84. The minimum absolute atomic E-state index is 0.182. The second kappa shape index (κ2) is 5.99. The molecule has 0 aromatic carbocycles. The summed E-state index contributed by atoms with van der Waals surface area (Å²) in [6.07, 6.45) is 9.56. The topological polar surface area (TPSA) is 67.4 Å². The first kappa shape index (κ1) is 15.3. The molecule has 0 saturated heterocycles. The van der Waals surface area contributed by atoms with Crippen LogP contribution in [-0.2, 0) is 9.53 Å². The van der Waals surface area contributed by atoms with Gasteiger partial charge >= 0.3 is 12.0 Å². The third-order valence-corrected chi connectivity index (χ3v) is 6.58. The summed E-state index contributed by atoms with van der Waals surface area (Å²) in [6, 6.07) is -0.370. The Kier molecular flexibility index (Phi) is 3.98. The molecule has 5 heteroatoms. The second-order valence-electron chi connectivity index (χ2n) is 8.33. The van der Waals surface area contributed by atoms with Gasteiger partial charge in [-0.3, -0.25) is 0 Å². The number of esters is 1. The Morgan fingerprint density at radius 2 is 1.65 bits per heavy atom. The minimum atomic E-state index is -0.496. The fourth-order valence-electron chi connectivity index (χ4n) is 5.56. The van der Waals surface area contributed by atoms with Gasteiger partial charge < -0.3 is 15.4 Å². The Balaban J connectivity index is 1.34. The van der Waals surface area contributed by atoms with Crippen LogP contribution < -0.4 is 10.6 Å². The molecule has 2 N–H and O–H groups in total. The molecule has 0 aliphatic heterocycles. The summed E-state index contributed by atoms with van der Waals surface area (Å²) in [5.74, 6) is 3.35. The van der Waals surface area contributed by atoms with Crippen LogP contribution >= 0.6 is 0 Å². The predicted octanol–water partition coefficient (Wildman–Crippen LogP) is 2.45. The molecule has 0 radical (unpaired) electrons. The third kappa shape index (κ3) is 3.20. The summed E-state index contributed by atoms with van der Waals surface area (Å²) in [6.45, 7) is 0. The molecule has 2 amide bonds. The number of carbonyl (C=O) groups is 2. The molecule has 23 heavy (non-hydrogen) atoms.